The molecular weight excluding hydrogens is 622 g/mol. The lowest BCUT2D eigenvalue weighted by molar-refractivity contribution is -0.162. The molecule has 11 heteroatoms. The summed E-state index contributed by atoms with van der Waals surface area (Å²) >= 11 is 0. The lowest BCUT2D eigenvalue weighted by Crippen LogP contribution is -2.65. The second kappa shape index (κ2) is 15.6. The summed E-state index contributed by atoms with van der Waals surface area (Å²) in [6, 6.07) is 13.5. The number of hydrogen-bond acceptors (Lipinski definition) is 7. The van der Waals surface area contributed by atoms with Crippen molar-refractivity contribution in [3.8, 4) is 11.5 Å². The Balaban J connectivity index is 1.26. The number of carbonyl (C=O) groups excluding carboxylic acids is 4. The van der Waals surface area contributed by atoms with Crippen LogP contribution in [0.4, 0.5) is 0 Å². The van der Waals surface area contributed by atoms with Gasteiger partial charge in [-0.25, -0.2) is 0 Å². The number of benzene rings is 2. The normalized spacial score (nSPS) is 24.6. The number of aromatic hydroxyl groups is 2. The molecule has 264 valence electrons. The number of amides is 4. The molecule has 4 aliphatic rings. The lowest BCUT2D eigenvalue weighted by atomic mass is 9.96. The topological polar surface area (TPSA) is 134 Å². The van der Waals surface area contributed by atoms with E-state index in [9.17, 15) is 29.4 Å². The van der Waals surface area contributed by atoms with Crippen molar-refractivity contribution in [3.63, 3.8) is 0 Å². The summed E-state index contributed by atoms with van der Waals surface area (Å²) in [5, 5.41) is 22.6. The Bertz CT molecular complexity index is 1480. The van der Waals surface area contributed by atoms with Gasteiger partial charge in [0.15, 0.2) is 0 Å². The number of phenolic OH excluding ortho intramolecular Hbond substituents is 2. The zero-order valence-electron chi connectivity index (χ0n) is 28.6. The minimum absolute atomic E-state index is 0.0266. The third kappa shape index (κ3) is 8.20. The Labute approximate surface area is 289 Å². The van der Waals surface area contributed by atoms with Crippen molar-refractivity contribution < 1.29 is 29.4 Å². The first-order valence-electron chi connectivity index (χ1n) is 18.2. The van der Waals surface area contributed by atoms with E-state index in [-0.39, 0.29) is 35.7 Å². The van der Waals surface area contributed by atoms with Crippen LogP contribution in [0.25, 0.3) is 0 Å². The fourth-order valence-corrected chi connectivity index (χ4v) is 8.45. The molecule has 0 unspecified atom stereocenters. The van der Waals surface area contributed by atoms with E-state index >= 15 is 0 Å². The fraction of sp³-hybridized carbons (Fsp3) is 0.579. The summed E-state index contributed by atoms with van der Waals surface area (Å²) in [4.78, 5) is 61.3. The lowest BCUT2D eigenvalue weighted by Gasteiger charge is -2.46. The van der Waals surface area contributed by atoms with E-state index in [1.807, 2.05) is 29.2 Å². The Morgan fingerprint density at radius 3 is 2.08 bits per heavy atom. The number of rotatable bonds is 13. The van der Waals surface area contributed by atoms with Crippen LogP contribution in [-0.4, -0.2) is 117 Å². The number of piperazine rings is 2. The van der Waals surface area contributed by atoms with Gasteiger partial charge in [-0.05, 0) is 92.8 Å². The van der Waals surface area contributed by atoms with Gasteiger partial charge in [-0.1, -0.05) is 50.5 Å². The molecule has 0 bridgehead atoms. The van der Waals surface area contributed by atoms with Crippen LogP contribution in [0.5, 0.6) is 11.5 Å². The fourth-order valence-electron chi connectivity index (χ4n) is 8.45. The molecule has 49 heavy (non-hydrogen) atoms. The van der Waals surface area contributed by atoms with E-state index in [1.54, 1.807) is 34.1 Å². The molecule has 1 aliphatic carbocycles. The van der Waals surface area contributed by atoms with Gasteiger partial charge < -0.3 is 30.2 Å². The maximum absolute atomic E-state index is 14.1. The predicted molar refractivity (Wildman–Crippen MR) is 185 cm³/mol. The van der Waals surface area contributed by atoms with Crippen molar-refractivity contribution >= 4 is 23.6 Å². The molecule has 6 rings (SSSR count). The van der Waals surface area contributed by atoms with E-state index in [0.29, 0.717) is 51.5 Å². The Hall–Kier alpha value is -4.12. The molecular formula is C38H51N5O6. The number of nitrogens with zero attached hydrogens (tertiary/aromatic N) is 4. The van der Waals surface area contributed by atoms with Gasteiger partial charge in [0, 0.05) is 50.8 Å². The molecule has 1 saturated carbocycles. The number of phenols is 2. The SMILES string of the molecule is CCC[C@H]1CNC(=O)C(=O)N1C[C@@H]1CCCN1C[C@H](Cc1ccc(O)cc1)N1C[C@H](Cc2ccc(O)cc2)N(CC2CCCC2)C(=O)C1=O. The Kier molecular flexibility index (Phi) is 11.1. The van der Waals surface area contributed by atoms with Crippen LogP contribution in [-0.2, 0) is 32.0 Å². The third-order valence-electron chi connectivity index (χ3n) is 11.1. The highest BCUT2D eigenvalue weighted by molar-refractivity contribution is 6.36. The van der Waals surface area contributed by atoms with Crippen molar-refractivity contribution in [2.45, 2.75) is 95.3 Å². The van der Waals surface area contributed by atoms with Gasteiger partial charge in [-0.3, -0.25) is 24.1 Å². The molecule has 4 amide bonds. The molecule has 11 nitrogen and oxygen atoms in total. The van der Waals surface area contributed by atoms with Gasteiger partial charge in [0.2, 0.25) is 0 Å². The van der Waals surface area contributed by atoms with Crippen LogP contribution in [0.3, 0.4) is 0 Å². The first-order valence-corrected chi connectivity index (χ1v) is 18.2. The highest BCUT2D eigenvalue weighted by atomic mass is 16.3. The van der Waals surface area contributed by atoms with Gasteiger partial charge in [0.05, 0.1) is 6.04 Å². The predicted octanol–water partition coefficient (Wildman–Crippen LogP) is 3.07. The highest BCUT2D eigenvalue weighted by Gasteiger charge is 2.44. The van der Waals surface area contributed by atoms with Crippen molar-refractivity contribution in [1.29, 1.82) is 0 Å². The average molecular weight is 674 g/mol. The minimum atomic E-state index is -0.554. The van der Waals surface area contributed by atoms with Crippen LogP contribution in [0.15, 0.2) is 48.5 Å². The minimum Gasteiger partial charge on any atom is -0.508 e. The van der Waals surface area contributed by atoms with Crippen LogP contribution < -0.4 is 5.32 Å². The second-order valence-electron chi connectivity index (χ2n) is 14.5. The molecule has 0 spiro atoms. The highest BCUT2D eigenvalue weighted by Crippen LogP contribution is 2.30. The summed E-state index contributed by atoms with van der Waals surface area (Å²) in [7, 11) is 0. The van der Waals surface area contributed by atoms with Crippen molar-refractivity contribution in [2.75, 3.05) is 39.3 Å². The van der Waals surface area contributed by atoms with Crippen molar-refractivity contribution in [3.05, 3.63) is 59.7 Å². The Morgan fingerprint density at radius 2 is 1.41 bits per heavy atom. The van der Waals surface area contributed by atoms with E-state index in [0.717, 1.165) is 69.0 Å². The maximum atomic E-state index is 14.1. The maximum Gasteiger partial charge on any atom is 0.312 e. The van der Waals surface area contributed by atoms with Crippen LogP contribution >= 0.6 is 0 Å². The molecule has 3 heterocycles. The second-order valence-corrected chi connectivity index (χ2v) is 14.5. The molecule has 4 fully saturated rings. The summed E-state index contributed by atoms with van der Waals surface area (Å²) < 4.78 is 0. The van der Waals surface area contributed by atoms with Gasteiger partial charge in [-0.2, -0.15) is 0 Å². The van der Waals surface area contributed by atoms with Gasteiger partial charge in [0.25, 0.3) is 0 Å². The first-order chi connectivity index (χ1) is 23.7. The monoisotopic (exact) mass is 673 g/mol. The van der Waals surface area contributed by atoms with Crippen molar-refractivity contribution in [2.24, 2.45) is 5.92 Å². The smallest absolute Gasteiger partial charge is 0.312 e. The van der Waals surface area contributed by atoms with E-state index < -0.39 is 23.6 Å². The number of carbonyl (C=O) groups is 4. The molecule has 2 aromatic rings. The van der Waals surface area contributed by atoms with Crippen molar-refractivity contribution in [1.82, 2.24) is 24.9 Å². The van der Waals surface area contributed by atoms with E-state index in [4.69, 9.17) is 0 Å². The zero-order valence-corrected chi connectivity index (χ0v) is 28.6. The van der Waals surface area contributed by atoms with Crippen LogP contribution in [0, 0.1) is 5.92 Å². The molecule has 0 aromatic heterocycles. The van der Waals surface area contributed by atoms with Gasteiger partial charge in [0.1, 0.15) is 11.5 Å². The quantitative estimate of drug-likeness (QED) is 0.279. The molecule has 3 aliphatic heterocycles. The molecule has 3 saturated heterocycles. The van der Waals surface area contributed by atoms with Gasteiger partial charge >= 0.3 is 23.6 Å². The zero-order chi connectivity index (χ0) is 34.5. The molecule has 3 N–H and O–H groups in total. The summed E-state index contributed by atoms with van der Waals surface area (Å²) in [5.74, 6) is -1.23. The number of nitrogens with one attached hydrogen (secondary N) is 1. The van der Waals surface area contributed by atoms with Crippen LogP contribution in [0.1, 0.15) is 69.4 Å². The number of hydrogen-bond donors (Lipinski definition) is 3. The molecule has 4 atom stereocenters. The summed E-state index contributed by atoms with van der Waals surface area (Å²) in [5.41, 5.74) is 1.95. The summed E-state index contributed by atoms with van der Waals surface area (Å²) in [6.07, 6.45) is 9.02. The molecule has 0 radical (unpaired) electrons. The number of likely N-dealkylation sites (tertiary alicyclic amines) is 1. The molecule has 2 aromatic carbocycles. The average Bonchev–Trinajstić information content (AvgIpc) is 3.78. The van der Waals surface area contributed by atoms with Crippen LogP contribution in [0.2, 0.25) is 0 Å². The van der Waals surface area contributed by atoms with E-state index in [1.165, 1.54) is 0 Å². The summed E-state index contributed by atoms with van der Waals surface area (Å²) in [6.45, 7) is 5.27. The first kappa shape index (κ1) is 34.7. The third-order valence-corrected chi connectivity index (χ3v) is 11.1. The van der Waals surface area contributed by atoms with E-state index in [2.05, 4.69) is 17.1 Å². The largest absolute Gasteiger partial charge is 0.508 e. The Morgan fingerprint density at radius 1 is 0.755 bits per heavy atom. The standard InChI is InChI=1S/C38H51N5O6/c1-2-6-29-21-39-35(46)36(47)42(29)24-30-9-5-18-40(30)23-31(19-26-10-14-33(44)15-11-26)43-25-32(20-27-12-16-34(45)17-13-27)41(37(48)38(43)49)22-28-7-3-4-8-28/h10-17,28-32,44-45H,2-9,18-25H2,1H3,(H,39,46)/t29-,30-,31-,32-/m0/s1. The van der Waals surface area contributed by atoms with Gasteiger partial charge in [-0.15, -0.1) is 0 Å².